The first kappa shape index (κ1) is 41.8. The molecule has 3 aromatic carbocycles. The van der Waals surface area contributed by atoms with E-state index in [9.17, 15) is 19.5 Å². The summed E-state index contributed by atoms with van der Waals surface area (Å²) in [5, 5.41) is 9.35. The van der Waals surface area contributed by atoms with Crippen LogP contribution in [0.3, 0.4) is 0 Å². The fraction of sp³-hybridized carbons (Fsp3) is 0.382. The second-order valence-electron chi connectivity index (χ2n) is 10.7. The first-order valence-electron chi connectivity index (χ1n) is 13.3. The van der Waals surface area contributed by atoms with E-state index in [0.29, 0.717) is 17.4 Å². The van der Waals surface area contributed by atoms with Crippen LogP contribution >= 0.6 is 31.9 Å². The van der Waals surface area contributed by atoms with Crippen LogP contribution in [0.1, 0.15) is 75.4 Å². The van der Waals surface area contributed by atoms with Crippen LogP contribution in [0.25, 0.3) is 0 Å². The molecule has 0 amide bonds. The summed E-state index contributed by atoms with van der Waals surface area (Å²) >= 11 is 6.77. The number of ketones is 1. The van der Waals surface area contributed by atoms with Gasteiger partial charge in [-0.2, -0.15) is 0 Å². The van der Waals surface area contributed by atoms with Gasteiger partial charge in [-0.1, -0.05) is 81.8 Å². The van der Waals surface area contributed by atoms with Gasteiger partial charge in [-0.05, 0) is 106 Å². The number of Topliss-reactive ketones (excluding diaryl/α,β-unsaturated/α-hetero) is 1. The van der Waals surface area contributed by atoms with E-state index in [0.717, 1.165) is 32.9 Å². The number of hydrogen-bond acceptors (Lipinski definition) is 5. The molecule has 0 bridgehead atoms. The molecule has 0 radical (unpaired) electrons. The molecular weight excluding hydrogens is 703 g/mol. The second kappa shape index (κ2) is 18.7. The Kier molecular flexibility index (Phi) is 18.2. The Balaban J connectivity index is 0.000000607. The maximum atomic E-state index is 11.8. The number of benzene rings is 3. The van der Waals surface area contributed by atoms with Crippen molar-refractivity contribution in [2.45, 2.75) is 64.7 Å². The molecule has 0 spiro atoms. The molecule has 43 heavy (non-hydrogen) atoms. The van der Waals surface area contributed by atoms with Gasteiger partial charge in [0.2, 0.25) is 0 Å². The zero-order valence-electron chi connectivity index (χ0n) is 24.8. The van der Waals surface area contributed by atoms with Gasteiger partial charge < -0.3 is 15.3 Å². The van der Waals surface area contributed by atoms with Gasteiger partial charge in [0.15, 0.2) is 0 Å². The predicted molar refractivity (Wildman–Crippen MR) is 173 cm³/mol. The largest absolute Gasteiger partial charge is 1.00 e. The Bertz CT molecular complexity index is 1230. The number of ether oxygens (including phenoxy) is 1. The van der Waals surface area contributed by atoms with Gasteiger partial charge in [-0.25, -0.2) is 4.79 Å². The van der Waals surface area contributed by atoms with Crippen molar-refractivity contribution < 1.29 is 81.1 Å². The Hall–Kier alpha value is -1.17. The van der Waals surface area contributed by atoms with Crippen LogP contribution in [0.15, 0.2) is 87.8 Å². The molecule has 0 aliphatic heterocycles. The first-order chi connectivity index (χ1) is 18.9. The number of carbonyl (C=O) groups excluding carboxylic acids is 2. The van der Waals surface area contributed by atoms with Gasteiger partial charge in [0.05, 0.1) is 23.5 Å². The van der Waals surface area contributed by atoms with Crippen molar-refractivity contribution in [1.82, 2.24) is 0 Å². The van der Waals surface area contributed by atoms with Gasteiger partial charge in [-0.15, -0.1) is 0 Å². The summed E-state index contributed by atoms with van der Waals surface area (Å²) in [6.07, 6.45) is 4.43. The van der Waals surface area contributed by atoms with Crippen molar-refractivity contribution in [3.05, 3.63) is 104 Å². The normalized spacial score (nSPS) is 15.8. The number of rotatable bonds is 7. The third kappa shape index (κ3) is 11.0. The monoisotopic (exact) mass is 742 g/mol. The number of carboxylic acids is 1. The molecule has 2 aliphatic rings. The number of aliphatic carboxylic acids is 1. The molecule has 5 rings (SSSR count). The van der Waals surface area contributed by atoms with Crippen LogP contribution in [-0.4, -0.2) is 35.4 Å². The van der Waals surface area contributed by atoms with Crippen LogP contribution in [0.2, 0.25) is 0 Å². The Morgan fingerprint density at radius 3 is 1.44 bits per heavy atom. The first-order valence-corrected chi connectivity index (χ1v) is 14.9. The molecule has 6 nitrogen and oxygen atoms in total. The van der Waals surface area contributed by atoms with Gasteiger partial charge in [0, 0.05) is 8.95 Å². The zero-order chi connectivity index (χ0) is 29.5. The van der Waals surface area contributed by atoms with Crippen LogP contribution in [0, 0.1) is 11.8 Å². The van der Waals surface area contributed by atoms with E-state index in [2.05, 4.69) is 55.7 Å². The van der Waals surface area contributed by atoms with E-state index in [4.69, 9.17) is 0 Å². The van der Waals surface area contributed by atoms with Crippen LogP contribution in [-0.2, 0) is 25.2 Å². The standard InChI is InChI=1S/C13H15BrO.C12H13BrO2.C8H8O2.CH4.K.H2O/c1-9(15)13(2,10-3-4-10)11-5-7-12(14)8-6-11;1-12(11(14)15,8-2-3-8)9-4-6-10(13)7-5-9;1-10-8(9)7-5-3-2-4-6-7;;;/h5-8,10H,3-4H2,1-2H3;4-8H,2-3H2,1H3,(H,14,15);2-6H,1H3;1H4;;1H2/q;;;;+1;/p-1. The fourth-order valence-electron chi connectivity index (χ4n) is 4.87. The van der Waals surface area contributed by atoms with Crippen LogP contribution < -0.4 is 51.4 Å². The van der Waals surface area contributed by atoms with Gasteiger partial charge in [0.1, 0.15) is 5.78 Å². The summed E-state index contributed by atoms with van der Waals surface area (Å²) in [7, 11) is 1.37. The molecule has 2 fully saturated rings. The predicted octanol–water partition coefficient (Wildman–Crippen LogP) is 5.84. The molecule has 2 N–H and O–H groups in total. The summed E-state index contributed by atoms with van der Waals surface area (Å²) in [6.45, 7) is 5.62. The van der Waals surface area contributed by atoms with E-state index < -0.39 is 11.4 Å². The molecule has 2 saturated carbocycles. The molecule has 228 valence electrons. The minimum absolute atomic E-state index is 0. The number of carbonyl (C=O) groups is 3. The summed E-state index contributed by atoms with van der Waals surface area (Å²) in [5.74, 6) is 0.132. The molecule has 9 heteroatoms. The summed E-state index contributed by atoms with van der Waals surface area (Å²) < 4.78 is 6.54. The van der Waals surface area contributed by atoms with E-state index in [1.807, 2.05) is 49.4 Å². The smallest absolute Gasteiger partial charge is 0.870 e. The molecule has 2 aliphatic carbocycles. The average molecular weight is 745 g/mol. The van der Waals surface area contributed by atoms with Crippen LogP contribution in [0.5, 0.6) is 0 Å². The maximum absolute atomic E-state index is 11.8. The minimum atomic E-state index is -0.715. The van der Waals surface area contributed by atoms with E-state index >= 15 is 0 Å². The van der Waals surface area contributed by atoms with E-state index in [1.165, 1.54) is 20.0 Å². The molecule has 0 heterocycles. The maximum Gasteiger partial charge on any atom is 1.00 e. The van der Waals surface area contributed by atoms with Gasteiger partial charge in [0.25, 0.3) is 0 Å². The van der Waals surface area contributed by atoms with Crippen molar-refractivity contribution >= 4 is 49.6 Å². The molecule has 3 aromatic rings. The molecule has 0 saturated heterocycles. The molecule has 0 aromatic heterocycles. The van der Waals surface area contributed by atoms with E-state index in [1.54, 1.807) is 31.2 Å². The topological polar surface area (TPSA) is 111 Å². The average Bonchev–Trinajstić information content (AvgIpc) is 3.87. The Morgan fingerprint density at radius 2 is 1.12 bits per heavy atom. The fourth-order valence-corrected chi connectivity index (χ4v) is 5.39. The third-order valence-electron chi connectivity index (χ3n) is 8.05. The number of halogens is 2. The SMILES string of the molecule is C.CC(=O)C(C)(c1ccc(Br)cc1)C1CC1.CC(C(=O)O)(c1ccc(Br)cc1)C1CC1.COC(=O)c1ccccc1.[K+].[OH-]. The van der Waals surface area contributed by atoms with Crippen molar-refractivity contribution in [2.75, 3.05) is 7.11 Å². The van der Waals surface area contributed by atoms with Crippen molar-refractivity contribution in [2.24, 2.45) is 11.8 Å². The zero-order valence-corrected chi connectivity index (χ0v) is 31.1. The minimum Gasteiger partial charge on any atom is -0.870 e. The summed E-state index contributed by atoms with van der Waals surface area (Å²) in [6, 6.07) is 24.6. The van der Waals surface area contributed by atoms with Crippen molar-refractivity contribution in [3.8, 4) is 0 Å². The van der Waals surface area contributed by atoms with Crippen molar-refractivity contribution in [3.63, 3.8) is 0 Å². The molecule has 2 atom stereocenters. The summed E-state index contributed by atoms with van der Waals surface area (Å²) in [4.78, 5) is 34.0. The summed E-state index contributed by atoms with van der Waals surface area (Å²) in [5.41, 5.74) is 1.67. The third-order valence-corrected chi connectivity index (χ3v) is 9.10. The number of hydrogen-bond donors (Lipinski definition) is 1. The van der Waals surface area contributed by atoms with Crippen LogP contribution in [0.4, 0.5) is 0 Å². The number of methoxy groups -OCH3 is 1. The van der Waals surface area contributed by atoms with Gasteiger partial charge in [-0.3, -0.25) is 9.59 Å². The number of carboxylic acid groups (broad SMARTS) is 1. The molecule has 2 unspecified atom stereocenters. The molecular formula is C34H41Br2KO6. The second-order valence-corrected chi connectivity index (χ2v) is 12.5. The van der Waals surface area contributed by atoms with Crippen molar-refractivity contribution in [1.29, 1.82) is 0 Å². The quantitative estimate of drug-likeness (QED) is 0.241. The van der Waals surface area contributed by atoms with Gasteiger partial charge >= 0.3 is 63.3 Å². The Morgan fingerprint density at radius 1 is 0.744 bits per heavy atom. The van der Waals surface area contributed by atoms with E-state index in [-0.39, 0.29) is 81.5 Å². The Labute approximate surface area is 315 Å². The number of esters is 1.